The Labute approximate surface area is 166 Å². The quantitative estimate of drug-likeness (QED) is 0.766. The second-order valence-electron chi connectivity index (χ2n) is 6.02. The minimum atomic E-state index is -3.63. The van der Waals surface area contributed by atoms with E-state index in [-0.39, 0.29) is 28.7 Å². The van der Waals surface area contributed by atoms with Crippen molar-refractivity contribution in [3.05, 3.63) is 47.0 Å². The number of anilines is 2. The van der Waals surface area contributed by atoms with Crippen molar-refractivity contribution in [2.24, 2.45) is 0 Å². The molecular weight excluding hydrogens is 408 g/mol. The Bertz CT molecular complexity index is 1020. The minimum absolute atomic E-state index is 0.115. The fourth-order valence-corrected chi connectivity index (χ4v) is 4.90. The standard InChI is InChI=1S/C18H17ClN2O4S2/c1-11-13(19)3-2-4-14(11)20-17(22)7-8-27(24,25)12-5-6-15-16(9-12)26-10-18(23)21-15/h2-6,9H,7-8,10H2,1H3,(H,20,22)(H,21,23). The number of nitrogens with one attached hydrogen (secondary N) is 2. The van der Waals surface area contributed by atoms with Crippen molar-refractivity contribution in [2.45, 2.75) is 23.1 Å². The van der Waals surface area contributed by atoms with Crippen LogP contribution in [-0.2, 0) is 19.4 Å². The molecule has 27 heavy (non-hydrogen) atoms. The van der Waals surface area contributed by atoms with Crippen LogP contribution in [0.4, 0.5) is 11.4 Å². The molecule has 2 aromatic carbocycles. The second-order valence-corrected chi connectivity index (χ2v) is 9.56. The highest BCUT2D eigenvalue weighted by Gasteiger charge is 2.21. The molecule has 0 atom stereocenters. The highest BCUT2D eigenvalue weighted by Crippen LogP contribution is 2.33. The summed E-state index contributed by atoms with van der Waals surface area (Å²) in [7, 11) is -3.63. The highest BCUT2D eigenvalue weighted by atomic mass is 35.5. The average Bonchev–Trinajstić information content (AvgIpc) is 2.63. The van der Waals surface area contributed by atoms with Crippen LogP contribution in [0.2, 0.25) is 5.02 Å². The predicted molar refractivity (Wildman–Crippen MR) is 107 cm³/mol. The lowest BCUT2D eigenvalue weighted by Crippen LogP contribution is -2.20. The normalized spacial score (nSPS) is 13.6. The summed E-state index contributed by atoms with van der Waals surface area (Å²) >= 11 is 7.31. The molecule has 0 aromatic heterocycles. The van der Waals surface area contributed by atoms with Crippen LogP contribution in [0.5, 0.6) is 0 Å². The van der Waals surface area contributed by atoms with Crippen molar-refractivity contribution >= 4 is 56.4 Å². The molecule has 0 saturated carbocycles. The largest absolute Gasteiger partial charge is 0.326 e. The van der Waals surface area contributed by atoms with Crippen LogP contribution in [0.15, 0.2) is 46.2 Å². The van der Waals surface area contributed by atoms with Gasteiger partial charge in [0.1, 0.15) is 0 Å². The number of amides is 2. The number of carbonyl (C=O) groups is 2. The number of halogens is 1. The first-order valence-corrected chi connectivity index (χ1v) is 11.1. The molecule has 142 valence electrons. The van der Waals surface area contributed by atoms with E-state index in [1.165, 1.54) is 23.9 Å². The summed E-state index contributed by atoms with van der Waals surface area (Å²) in [6.07, 6.45) is -0.171. The van der Waals surface area contributed by atoms with E-state index < -0.39 is 15.7 Å². The van der Waals surface area contributed by atoms with Gasteiger partial charge in [-0.25, -0.2) is 8.42 Å². The van der Waals surface area contributed by atoms with E-state index in [9.17, 15) is 18.0 Å². The molecule has 3 rings (SSSR count). The van der Waals surface area contributed by atoms with Gasteiger partial charge in [-0.1, -0.05) is 17.7 Å². The van der Waals surface area contributed by atoms with E-state index in [2.05, 4.69) is 10.6 Å². The summed E-state index contributed by atoms with van der Waals surface area (Å²) in [5.74, 6) is -0.578. The highest BCUT2D eigenvalue weighted by molar-refractivity contribution is 8.00. The van der Waals surface area contributed by atoms with Crippen molar-refractivity contribution in [1.29, 1.82) is 0 Å². The predicted octanol–water partition coefficient (Wildman–Crippen LogP) is 3.50. The molecular formula is C18H17ClN2O4S2. The number of sulfone groups is 1. The van der Waals surface area contributed by atoms with Gasteiger partial charge in [0.15, 0.2) is 9.84 Å². The van der Waals surface area contributed by atoms with E-state index in [1.54, 1.807) is 31.2 Å². The van der Waals surface area contributed by atoms with Gasteiger partial charge < -0.3 is 10.6 Å². The number of thioether (sulfide) groups is 1. The third-order valence-electron chi connectivity index (χ3n) is 4.08. The summed E-state index contributed by atoms with van der Waals surface area (Å²) in [6.45, 7) is 1.78. The maximum Gasteiger partial charge on any atom is 0.234 e. The van der Waals surface area contributed by atoms with Gasteiger partial charge in [-0.05, 0) is 42.8 Å². The van der Waals surface area contributed by atoms with Gasteiger partial charge >= 0.3 is 0 Å². The van der Waals surface area contributed by atoms with Gasteiger partial charge in [0.05, 0.1) is 22.1 Å². The van der Waals surface area contributed by atoms with Crippen LogP contribution in [0.3, 0.4) is 0 Å². The molecule has 1 heterocycles. The Balaban J connectivity index is 1.67. The zero-order chi connectivity index (χ0) is 19.6. The Hall–Kier alpha value is -2.03. The maximum absolute atomic E-state index is 12.6. The van der Waals surface area contributed by atoms with Gasteiger partial charge in [0.25, 0.3) is 0 Å². The van der Waals surface area contributed by atoms with Gasteiger partial charge in [0.2, 0.25) is 11.8 Å². The first-order chi connectivity index (χ1) is 12.8. The van der Waals surface area contributed by atoms with E-state index in [0.29, 0.717) is 21.3 Å². The molecule has 0 saturated heterocycles. The minimum Gasteiger partial charge on any atom is -0.326 e. The van der Waals surface area contributed by atoms with E-state index in [1.807, 2.05) is 0 Å². The molecule has 9 heteroatoms. The molecule has 0 fully saturated rings. The molecule has 2 N–H and O–H groups in total. The molecule has 2 aromatic rings. The Morgan fingerprint density at radius 1 is 1.30 bits per heavy atom. The van der Waals surface area contributed by atoms with Crippen molar-refractivity contribution in [1.82, 2.24) is 0 Å². The van der Waals surface area contributed by atoms with E-state index in [0.717, 1.165) is 5.56 Å². The topological polar surface area (TPSA) is 92.3 Å². The molecule has 6 nitrogen and oxygen atoms in total. The lowest BCUT2D eigenvalue weighted by atomic mass is 10.2. The van der Waals surface area contributed by atoms with E-state index >= 15 is 0 Å². The number of rotatable bonds is 5. The Morgan fingerprint density at radius 2 is 2.07 bits per heavy atom. The molecule has 0 radical (unpaired) electrons. The molecule has 1 aliphatic heterocycles. The van der Waals surface area contributed by atoms with Crippen molar-refractivity contribution in [3.8, 4) is 0 Å². The summed E-state index contributed by atoms with van der Waals surface area (Å²) in [6, 6.07) is 9.69. The molecule has 2 amide bonds. The van der Waals surface area contributed by atoms with Crippen LogP contribution in [0, 0.1) is 6.92 Å². The first-order valence-electron chi connectivity index (χ1n) is 8.11. The number of hydrogen-bond acceptors (Lipinski definition) is 5. The first kappa shape index (κ1) is 19.7. The van der Waals surface area contributed by atoms with Crippen molar-refractivity contribution in [2.75, 3.05) is 22.1 Å². The van der Waals surface area contributed by atoms with Gasteiger partial charge in [0, 0.05) is 22.0 Å². The lowest BCUT2D eigenvalue weighted by Gasteiger charge is -2.17. The Morgan fingerprint density at radius 3 is 2.85 bits per heavy atom. The number of fused-ring (bicyclic) bond motifs is 1. The zero-order valence-corrected chi connectivity index (χ0v) is 16.8. The summed E-state index contributed by atoms with van der Waals surface area (Å²) < 4.78 is 25.1. The fourth-order valence-electron chi connectivity index (χ4n) is 2.55. The monoisotopic (exact) mass is 424 g/mol. The van der Waals surface area contributed by atoms with Crippen LogP contribution < -0.4 is 10.6 Å². The van der Waals surface area contributed by atoms with Crippen LogP contribution >= 0.6 is 23.4 Å². The van der Waals surface area contributed by atoms with Gasteiger partial charge in [-0.3, -0.25) is 9.59 Å². The SMILES string of the molecule is Cc1c(Cl)cccc1NC(=O)CCS(=O)(=O)c1ccc2c(c1)SCC(=O)N2. The van der Waals surface area contributed by atoms with Gasteiger partial charge in [-0.2, -0.15) is 0 Å². The molecule has 0 spiro atoms. The Kier molecular flexibility index (Phi) is 5.78. The number of carbonyl (C=O) groups excluding carboxylic acids is 2. The molecule has 0 unspecified atom stereocenters. The van der Waals surface area contributed by atoms with Crippen LogP contribution in [0.25, 0.3) is 0 Å². The summed E-state index contributed by atoms with van der Waals surface area (Å²) in [4.78, 5) is 24.4. The molecule has 1 aliphatic rings. The second kappa shape index (κ2) is 7.92. The fraction of sp³-hybridized carbons (Fsp3) is 0.222. The van der Waals surface area contributed by atoms with Crippen molar-refractivity contribution < 1.29 is 18.0 Å². The zero-order valence-electron chi connectivity index (χ0n) is 14.4. The third kappa shape index (κ3) is 4.63. The smallest absolute Gasteiger partial charge is 0.234 e. The number of benzene rings is 2. The number of hydrogen-bond donors (Lipinski definition) is 2. The van der Waals surface area contributed by atoms with Crippen LogP contribution in [-0.4, -0.2) is 31.7 Å². The summed E-state index contributed by atoms with van der Waals surface area (Å²) in [5.41, 5.74) is 1.89. The third-order valence-corrected chi connectivity index (χ3v) is 7.26. The molecule has 0 bridgehead atoms. The lowest BCUT2D eigenvalue weighted by molar-refractivity contribution is -0.116. The van der Waals surface area contributed by atoms with E-state index in [4.69, 9.17) is 11.6 Å². The maximum atomic E-state index is 12.6. The average molecular weight is 425 g/mol. The summed E-state index contributed by atoms with van der Waals surface area (Å²) in [5, 5.41) is 5.91. The van der Waals surface area contributed by atoms with Gasteiger partial charge in [-0.15, -0.1) is 11.8 Å². The van der Waals surface area contributed by atoms with Crippen LogP contribution in [0.1, 0.15) is 12.0 Å². The molecule has 0 aliphatic carbocycles. The van der Waals surface area contributed by atoms with Crippen molar-refractivity contribution in [3.63, 3.8) is 0 Å².